The van der Waals surface area contributed by atoms with Crippen molar-refractivity contribution in [3.8, 4) is 0 Å². The van der Waals surface area contributed by atoms with Gasteiger partial charge >= 0.3 is 0 Å². The normalized spacial score (nSPS) is 9.50. The Morgan fingerprint density at radius 2 is 1.58 bits per heavy atom. The molecule has 0 atom stereocenters. The Hall–Kier alpha value is -0.120. The van der Waals surface area contributed by atoms with E-state index in [9.17, 15) is 0 Å². The maximum atomic E-state index is 5.26. The minimum atomic E-state index is -0.0973. The van der Waals surface area contributed by atoms with Crippen molar-refractivity contribution in [1.82, 2.24) is 5.32 Å². The monoisotopic (exact) mass is 175 g/mol. The highest BCUT2D eigenvalue weighted by molar-refractivity contribution is 4.48. The second kappa shape index (κ2) is 13.5. The number of nitrogens with two attached hydrogens (primary N) is 2. The maximum Gasteiger partial charge on any atom is 0.0520 e. The second-order valence-corrected chi connectivity index (χ2v) is 2.76. The molecular formula is C9H25N3. The molecule has 0 saturated carbocycles. The molecule has 0 aromatic carbocycles. The second-order valence-electron chi connectivity index (χ2n) is 2.76. The molecule has 0 heterocycles. The number of nitrogens with one attached hydrogen (secondary N) is 1. The average Bonchev–Trinajstić information content (AvgIpc) is 2.03. The zero-order chi connectivity index (χ0) is 9.82. The quantitative estimate of drug-likeness (QED) is 0.547. The summed E-state index contributed by atoms with van der Waals surface area (Å²) in [4.78, 5) is 0. The van der Waals surface area contributed by atoms with Crippen LogP contribution >= 0.6 is 0 Å². The molecule has 12 heavy (non-hydrogen) atoms. The van der Waals surface area contributed by atoms with Crippen LogP contribution in [0, 0.1) is 0 Å². The lowest BCUT2D eigenvalue weighted by atomic mass is 10.2. The van der Waals surface area contributed by atoms with E-state index in [0.717, 1.165) is 25.9 Å². The van der Waals surface area contributed by atoms with Crippen molar-refractivity contribution in [3.05, 3.63) is 0 Å². The van der Waals surface area contributed by atoms with Gasteiger partial charge in [0, 0.05) is 0 Å². The number of hydrogen-bond acceptors (Lipinski definition) is 3. The molecule has 0 radical (unpaired) electrons. The molecule has 0 spiro atoms. The highest BCUT2D eigenvalue weighted by atomic mass is 14.8. The molecule has 0 aliphatic rings. The van der Waals surface area contributed by atoms with Gasteiger partial charge in [-0.1, -0.05) is 33.6 Å². The first-order valence-corrected chi connectivity index (χ1v) is 4.90. The van der Waals surface area contributed by atoms with Gasteiger partial charge < -0.3 is 16.8 Å². The summed E-state index contributed by atoms with van der Waals surface area (Å²) in [6, 6.07) is 0. The SMILES string of the molecule is CCCCC(N)N.CCNCC. The van der Waals surface area contributed by atoms with Crippen LogP contribution in [0.3, 0.4) is 0 Å². The Bertz CT molecular complexity index is 62.8. The van der Waals surface area contributed by atoms with E-state index in [4.69, 9.17) is 11.5 Å². The van der Waals surface area contributed by atoms with Crippen molar-refractivity contribution >= 4 is 0 Å². The molecular weight excluding hydrogens is 150 g/mol. The fourth-order valence-electron chi connectivity index (χ4n) is 0.690. The summed E-state index contributed by atoms with van der Waals surface area (Å²) < 4.78 is 0. The van der Waals surface area contributed by atoms with Crippen LogP contribution in [0.2, 0.25) is 0 Å². The van der Waals surface area contributed by atoms with Gasteiger partial charge in [-0.25, -0.2) is 0 Å². The summed E-state index contributed by atoms with van der Waals surface area (Å²) in [5, 5.41) is 3.11. The summed E-state index contributed by atoms with van der Waals surface area (Å²) in [5.41, 5.74) is 10.5. The van der Waals surface area contributed by atoms with E-state index in [1.165, 1.54) is 6.42 Å². The first kappa shape index (κ1) is 14.4. The maximum absolute atomic E-state index is 5.26. The van der Waals surface area contributed by atoms with Gasteiger partial charge in [0.1, 0.15) is 0 Å². The van der Waals surface area contributed by atoms with Crippen molar-refractivity contribution in [3.63, 3.8) is 0 Å². The van der Waals surface area contributed by atoms with Crippen LogP contribution in [0.1, 0.15) is 40.0 Å². The molecule has 3 nitrogen and oxygen atoms in total. The van der Waals surface area contributed by atoms with Gasteiger partial charge in [0.05, 0.1) is 6.17 Å². The Balaban J connectivity index is 0. The van der Waals surface area contributed by atoms with E-state index in [1.807, 2.05) is 0 Å². The van der Waals surface area contributed by atoms with Gasteiger partial charge in [-0.05, 0) is 19.5 Å². The third-order valence-electron chi connectivity index (χ3n) is 1.39. The third-order valence-corrected chi connectivity index (χ3v) is 1.39. The molecule has 0 saturated heterocycles. The molecule has 0 aromatic rings. The van der Waals surface area contributed by atoms with Gasteiger partial charge in [-0.3, -0.25) is 0 Å². The summed E-state index contributed by atoms with van der Waals surface area (Å²) in [5.74, 6) is 0. The molecule has 0 aliphatic carbocycles. The van der Waals surface area contributed by atoms with Crippen LogP contribution in [-0.2, 0) is 0 Å². The topological polar surface area (TPSA) is 64.1 Å². The molecule has 0 fully saturated rings. The van der Waals surface area contributed by atoms with E-state index < -0.39 is 0 Å². The Kier molecular flexibility index (Phi) is 16.2. The fraction of sp³-hybridized carbons (Fsp3) is 1.00. The summed E-state index contributed by atoms with van der Waals surface area (Å²) >= 11 is 0. The molecule has 5 N–H and O–H groups in total. The van der Waals surface area contributed by atoms with Crippen LogP contribution in [0.5, 0.6) is 0 Å². The smallest absolute Gasteiger partial charge is 0.0520 e. The standard InChI is InChI=1S/C5H14N2.C4H11N/c1-2-3-4-5(6)7;1-3-5-4-2/h5H,2-4,6-7H2,1H3;5H,3-4H2,1-2H3. The lowest BCUT2D eigenvalue weighted by Crippen LogP contribution is -2.29. The van der Waals surface area contributed by atoms with Crippen LogP contribution in [0.15, 0.2) is 0 Å². The minimum Gasteiger partial charge on any atom is -0.317 e. The predicted octanol–water partition coefficient (Wildman–Crippen LogP) is 1.04. The van der Waals surface area contributed by atoms with E-state index in [2.05, 4.69) is 26.1 Å². The highest BCUT2D eigenvalue weighted by Gasteiger charge is 1.88. The predicted molar refractivity (Wildman–Crippen MR) is 55.9 cm³/mol. The van der Waals surface area contributed by atoms with E-state index >= 15 is 0 Å². The molecule has 0 bridgehead atoms. The van der Waals surface area contributed by atoms with Crippen molar-refractivity contribution in [2.24, 2.45) is 11.5 Å². The third kappa shape index (κ3) is 22.5. The molecule has 76 valence electrons. The zero-order valence-electron chi connectivity index (χ0n) is 8.77. The lowest BCUT2D eigenvalue weighted by Gasteiger charge is -2.00. The Morgan fingerprint density at radius 3 is 1.67 bits per heavy atom. The number of unbranched alkanes of at least 4 members (excludes halogenated alkanes) is 1. The average molecular weight is 175 g/mol. The van der Waals surface area contributed by atoms with E-state index in [1.54, 1.807) is 0 Å². The Labute approximate surface area is 76.9 Å². The van der Waals surface area contributed by atoms with Crippen LogP contribution in [-0.4, -0.2) is 19.3 Å². The number of rotatable bonds is 5. The van der Waals surface area contributed by atoms with Gasteiger partial charge in [0.25, 0.3) is 0 Å². The Morgan fingerprint density at radius 1 is 1.08 bits per heavy atom. The molecule has 0 aromatic heterocycles. The van der Waals surface area contributed by atoms with Gasteiger partial charge in [0.15, 0.2) is 0 Å². The molecule has 0 rings (SSSR count). The van der Waals surface area contributed by atoms with Gasteiger partial charge in [-0.2, -0.15) is 0 Å². The largest absolute Gasteiger partial charge is 0.317 e. The van der Waals surface area contributed by atoms with Crippen molar-refractivity contribution in [2.75, 3.05) is 13.1 Å². The van der Waals surface area contributed by atoms with Crippen molar-refractivity contribution < 1.29 is 0 Å². The van der Waals surface area contributed by atoms with Crippen LogP contribution in [0.4, 0.5) is 0 Å². The van der Waals surface area contributed by atoms with Crippen molar-refractivity contribution in [1.29, 1.82) is 0 Å². The van der Waals surface area contributed by atoms with Crippen LogP contribution < -0.4 is 16.8 Å². The van der Waals surface area contributed by atoms with Crippen LogP contribution in [0.25, 0.3) is 0 Å². The molecule has 0 amide bonds. The first-order chi connectivity index (χ1) is 5.68. The minimum absolute atomic E-state index is 0.0973. The van der Waals surface area contributed by atoms with Gasteiger partial charge in [-0.15, -0.1) is 0 Å². The lowest BCUT2D eigenvalue weighted by molar-refractivity contribution is 0.595. The highest BCUT2D eigenvalue weighted by Crippen LogP contribution is 1.91. The van der Waals surface area contributed by atoms with Crippen molar-refractivity contribution in [2.45, 2.75) is 46.2 Å². The zero-order valence-corrected chi connectivity index (χ0v) is 8.77. The van der Waals surface area contributed by atoms with Gasteiger partial charge in [0.2, 0.25) is 0 Å². The fourth-order valence-corrected chi connectivity index (χ4v) is 0.690. The van der Waals surface area contributed by atoms with E-state index in [-0.39, 0.29) is 6.17 Å². The summed E-state index contributed by atoms with van der Waals surface area (Å²) in [6.45, 7) is 8.52. The molecule has 0 unspecified atom stereocenters. The molecule has 0 aliphatic heterocycles. The summed E-state index contributed by atoms with van der Waals surface area (Å²) in [7, 11) is 0. The first-order valence-electron chi connectivity index (χ1n) is 4.90. The van der Waals surface area contributed by atoms with E-state index in [0.29, 0.717) is 0 Å². The summed E-state index contributed by atoms with van der Waals surface area (Å²) in [6.07, 6.45) is 3.19. The molecule has 3 heteroatoms. The number of hydrogen-bond donors (Lipinski definition) is 3.